The zero-order valence-corrected chi connectivity index (χ0v) is 7.68. The summed E-state index contributed by atoms with van der Waals surface area (Å²) in [5, 5.41) is 9.12. The molecule has 3 N–H and O–H groups in total. The fraction of sp³-hybridized carbons (Fsp3) is 0.300. The highest BCUT2D eigenvalue weighted by Gasteiger charge is 2.15. The molecule has 0 radical (unpaired) electrons. The first-order valence-corrected chi connectivity index (χ1v) is 4.44. The van der Waals surface area contributed by atoms with E-state index in [2.05, 4.69) is 4.99 Å². The Morgan fingerprint density at radius 1 is 1.36 bits per heavy atom. The van der Waals surface area contributed by atoms with Crippen molar-refractivity contribution in [1.29, 1.82) is 0 Å². The third-order valence-corrected chi connectivity index (χ3v) is 2.13. The Kier molecular flexibility index (Phi) is 2.37. The topological polar surface area (TPSA) is 67.8 Å². The Bertz CT molecular complexity index is 346. The Morgan fingerprint density at radius 3 is 2.71 bits per heavy atom. The van der Waals surface area contributed by atoms with Crippen LogP contribution in [0.4, 0.5) is 0 Å². The van der Waals surface area contributed by atoms with E-state index in [0.717, 1.165) is 5.56 Å². The second-order valence-electron chi connectivity index (χ2n) is 3.24. The fourth-order valence-electron chi connectivity index (χ4n) is 1.42. The van der Waals surface area contributed by atoms with Gasteiger partial charge in [-0.15, -0.1) is 0 Å². The van der Waals surface area contributed by atoms with Gasteiger partial charge in [0.15, 0.2) is 0 Å². The largest absolute Gasteiger partial charge is 0.508 e. The third-order valence-electron chi connectivity index (χ3n) is 2.13. The van der Waals surface area contributed by atoms with Gasteiger partial charge in [-0.1, -0.05) is 12.1 Å². The summed E-state index contributed by atoms with van der Waals surface area (Å²) in [6, 6.07) is 6.88. The molecule has 1 aromatic carbocycles. The molecule has 0 spiro atoms. The average molecular weight is 192 g/mol. The number of aliphatic imine (C=N–C) groups is 1. The molecule has 4 nitrogen and oxygen atoms in total. The molecule has 0 aliphatic carbocycles. The minimum absolute atomic E-state index is 0.0376. The van der Waals surface area contributed by atoms with E-state index in [0.29, 0.717) is 19.0 Å². The molecule has 0 amide bonds. The van der Waals surface area contributed by atoms with Crippen molar-refractivity contribution in [3.63, 3.8) is 0 Å². The van der Waals surface area contributed by atoms with E-state index in [1.807, 2.05) is 12.1 Å². The minimum atomic E-state index is -0.0376. The van der Waals surface area contributed by atoms with Crippen molar-refractivity contribution < 1.29 is 9.84 Å². The molecule has 0 saturated heterocycles. The zero-order chi connectivity index (χ0) is 9.97. The summed E-state index contributed by atoms with van der Waals surface area (Å²) >= 11 is 0. The van der Waals surface area contributed by atoms with E-state index in [-0.39, 0.29) is 11.8 Å². The Balaban J connectivity index is 2.22. The number of phenols is 1. The number of benzene rings is 1. The smallest absolute Gasteiger partial charge is 0.121 e. The molecule has 0 bridgehead atoms. The van der Waals surface area contributed by atoms with Crippen LogP contribution in [-0.2, 0) is 4.74 Å². The highest BCUT2D eigenvalue weighted by molar-refractivity contribution is 5.82. The van der Waals surface area contributed by atoms with Crippen LogP contribution in [-0.4, -0.2) is 24.2 Å². The molecule has 1 atom stereocenters. The molecule has 0 saturated carbocycles. The molecule has 1 aromatic rings. The monoisotopic (exact) mass is 192 g/mol. The number of phenolic OH excluding ortho intramolecular Hbond substituents is 1. The number of ether oxygens (including phenoxy) is 1. The molecular formula is C10H12N2O2. The van der Waals surface area contributed by atoms with E-state index in [1.54, 1.807) is 12.1 Å². The minimum Gasteiger partial charge on any atom is -0.508 e. The van der Waals surface area contributed by atoms with Crippen molar-refractivity contribution in [2.45, 2.75) is 6.04 Å². The van der Waals surface area contributed by atoms with Crippen LogP contribution >= 0.6 is 0 Å². The lowest BCUT2D eigenvalue weighted by Gasteiger charge is -2.19. The summed E-state index contributed by atoms with van der Waals surface area (Å²) in [5.74, 6) is 0.775. The number of rotatable bonds is 1. The highest BCUT2D eigenvalue weighted by Crippen LogP contribution is 2.22. The molecular weight excluding hydrogens is 180 g/mol. The molecule has 1 unspecified atom stereocenters. The first kappa shape index (κ1) is 9.02. The van der Waals surface area contributed by atoms with Crippen LogP contribution in [0.5, 0.6) is 5.75 Å². The van der Waals surface area contributed by atoms with Gasteiger partial charge in [0.2, 0.25) is 0 Å². The van der Waals surface area contributed by atoms with Gasteiger partial charge in [-0.3, -0.25) is 4.99 Å². The second kappa shape index (κ2) is 3.67. The van der Waals surface area contributed by atoms with Crippen molar-refractivity contribution in [3.05, 3.63) is 29.8 Å². The van der Waals surface area contributed by atoms with Gasteiger partial charge in [0.25, 0.3) is 0 Å². The molecule has 14 heavy (non-hydrogen) atoms. The normalized spacial score (nSPS) is 21.7. The van der Waals surface area contributed by atoms with Crippen molar-refractivity contribution in [2.24, 2.45) is 10.7 Å². The maximum atomic E-state index is 9.12. The molecule has 1 aliphatic rings. The number of amidine groups is 1. The second-order valence-corrected chi connectivity index (χ2v) is 3.24. The average Bonchev–Trinajstić information content (AvgIpc) is 2.19. The van der Waals surface area contributed by atoms with Gasteiger partial charge in [0.1, 0.15) is 24.2 Å². The van der Waals surface area contributed by atoms with E-state index in [1.165, 1.54) is 0 Å². The van der Waals surface area contributed by atoms with Crippen LogP contribution in [0.25, 0.3) is 0 Å². The zero-order valence-electron chi connectivity index (χ0n) is 7.68. The number of hydrogen-bond donors (Lipinski definition) is 2. The van der Waals surface area contributed by atoms with Gasteiger partial charge in [0, 0.05) is 0 Å². The number of hydrogen-bond acceptors (Lipinski definition) is 4. The van der Waals surface area contributed by atoms with Gasteiger partial charge in [-0.2, -0.15) is 0 Å². The van der Waals surface area contributed by atoms with E-state index >= 15 is 0 Å². The Morgan fingerprint density at radius 2 is 2.07 bits per heavy atom. The molecule has 4 heteroatoms. The lowest BCUT2D eigenvalue weighted by molar-refractivity contribution is 0.143. The summed E-state index contributed by atoms with van der Waals surface area (Å²) in [6.07, 6.45) is 0. The maximum absolute atomic E-state index is 9.12. The fourth-order valence-corrected chi connectivity index (χ4v) is 1.42. The number of nitrogens with two attached hydrogens (primary N) is 1. The molecule has 1 heterocycles. The van der Waals surface area contributed by atoms with Crippen LogP contribution in [0, 0.1) is 0 Å². The van der Waals surface area contributed by atoms with Crippen molar-refractivity contribution in [2.75, 3.05) is 13.2 Å². The van der Waals surface area contributed by atoms with Crippen molar-refractivity contribution in [3.8, 4) is 5.75 Å². The maximum Gasteiger partial charge on any atom is 0.121 e. The summed E-state index contributed by atoms with van der Waals surface area (Å²) in [5.41, 5.74) is 6.57. The molecule has 74 valence electrons. The van der Waals surface area contributed by atoms with Gasteiger partial charge in [0.05, 0.1) is 6.61 Å². The summed E-state index contributed by atoms with van der Waals surface area (Å²) < 4.78 is 5.26. The first-order valence-electron chi connectivity index (χ1n) is 4.44. The van der Waals surface area contributed by atoms with Gasteiger partial charge in [-0.25, -0.2) is 0 Å². The van der Waals surface area contributed by atoms with Crippen molar-refractivity contribution in [1.82, 2.24) is 0 Å². The van der Waals surface area contributed by atoms with Crippen LogP contribution in [0.3, 0.4) is 0 Å². The quantitative estimate of drug-likeness (QED) is 0.692. The van der Waals surface area contributed by atoms with Crippen molar-refractivity contribution >= 4 is 5.84 Å². The lowest BCUT2D eigenvalue weighted by atomic mass is 10.1. The van der Waals surface area contributed by atoms with Gasteiger partial charge < -0.3 is 15.6 Å². The van der Waals surface area contributed by atoms with Crippen LogP contribution in [0.15, 0.2) is 29.3 Å². The van der Waals surface area contributed by atoms with Crippen LogP contribution in [0.1, 0.15) is 11.6 Å². The first-order chi connectivity index (χ1) is 6.75. The van der Waals surface area contributed by atoms with Gasteiger partial charge >= 0.3 is 0 Å². The molecule has 2 rings (SSSR count). The van der Waals surface area contributed by atoms with Crippen LogP contribution < -0.4 is 5.73 Å². The summed E-state index contributed by atoms with van der Waals surface area (Å²) in [6.45, 7) is 0.958. The van der Waals surface area contributed by atoms with E-state index in [4.69, 9.17) is 15.6 Å². The van der Waals surface area contributed by atoms with E-state index in [9.17, 15) is 0 Å². The predicted octanol–water partition coefficient (Wildman–Crippen LogP) is 0.821. The number of aromatic hydroxyl groups is 1. The van der Waals surface area contributed by atoms with Crippen LogP contribution in [0.2, 0.25) is 0 Å². The van der Waals surface area contributed by atoms with E-state index < -0.39 is 0 Å². The summed E-state index contributed by atoms with van der Waals surface area (Å²) in [4.78, 5) is 4.27. The SMILES string of the molecule is NC1=NC(c2ccc(O)cc2)COC1. The standard InChI is InChI=1S/C10H12N2O2/c11-10-6-14-5-9(12-10)7-1-3-8(13)4-2-7/h1-4,9,13H,5-6H2,(H2,11,12). The Labute approximate surface area is 82.0 Å². The molecule has 0 fully saturated rings. The molecule has 1 aliphatic heterocycles. The lowest BCUT2D eigenvalue weighted by Crippen LogP contribution is -2.27. The Hall–Kier alpha value is -1.55. The third kappa shape index (κ3) is 1.85. The number of nitrogens with zero attached hydrogens (tertiary/aromatic N) is 1. The molecule has 0 aromatic heterocycles. The van der Waals surface area contributed by atoms with Gasteiger partial charge in [-0.05, 0) is 17.7 Å². The highest BCUT2D eigenvalue weighted by atomic mass is 16.5. The predicted molar refractivity (Wildman–Crippen MR) is 53.3 cm³/mol. The summed E-state index contributed by atoms with van der Waals surface area (Å²) in [7, 11) is 0.